The highest BCUT2D eigenvalue weighted by Crippen LogP contribution is 2.34. The van der Waals surface area contributed by atoms with Gasteiger partial charge >= 0.3 is 0 Å². The predicted octanol–water partition coefficient (Wildman–Crippen LogP) is 4.37. The van der Waals surface area contributed by atoms with Gasteiger partial charge in [-0.3, -0.25) is 14.5 Å². The van der Waals surface area contributed by atoms with Crippen LogP contribution in [0.2, 0.25) is 0 Å². The lowest BCUT2D eigenvalue weighted by atomic mass is 10.1. The third-order valence-corrected chi connectivity index (χ3v) is 5.06. The molecule has 1 fully saturated rings. The predicted molar refractivity (Wildman–Crippen MR) is 97.6 cm³/mol. The lowest BCUT2D eigenvalue weighted by Gasteiger charge is -2.21. The van der Waals surface area contributed by atoms with E-state index in [-0.39, 0.29) is 17.2 Å². The average Bonchev–Trinajstić information content (AvgIpc) is 2.83. The highest BCUT2D eigenvalue weighted by atomic mass is 32.2. The minimum absolute atomic E-state index is 0.0570. The van der Waals surface area contributed by atoms with E-state index in [0.29, 0.717) is 4.91 Å². The van der Waals surface area contributed by atoms with Gasteiger partial charge in [-0.1, -0.05) is 19.1 Å². The molecule has 0 spiro atoms. The summed E-state index contributed by atoms with van der Waals surface area (Å²) in [6, 6.07) is 8.03. The highest BCUT2D eigenvalue weighted by molar-refractivity contribution is 8.18. The van der Waals surface area contributed by atoms with Crippen molar-refractivity contribution in [2.75, 3.05) is 18.0 Å². The van der Waals surface area contributed by atoms with E-state index in [4.69, 9.17) is 0 Å². The second-order valence-corrected chi connectivity index (χ2v) is 6.57. The fourth-order valence-corrected chi connectivity index (χ4v) is 3.49. The molecule has 1 heterocycles. The minimum atomic E-state index is -0.179. The summed E-state index contributed by atoms with van der Waals surface area (Å²) < 4.78 is 0. The van der Waals surface area contributed by atoms with E-state index in [2.05, 4.69) is 30.9 Å². The van der Waals surface area contributed by atoms with Crippen LogP contribution in [-0.2, 0) is 4.79 Å². The number of carbonyl (C=O) groups is 2. The zero-order chi connectivity index (χ0) is 17.0. The molecule has 1 aliphatic rings. The average molecular weight is 332 g/mol. The number of nitrogens with zero attached hydrogens (tertiary/aromatic N) is 2. The van der Waals surface area contributed by atoms with Crippen molar-refractivity contribution in [3.63, 3.8) is 0 Å². The molecule has 124 valence electrons. The maximum absolute atomic E-state index is 12.4. The molecule has 23 heavy (non-hydrogen) atoms. The van der Waals surface area contributed by atoms with Crippen molar-refractivity contribution in [2.24, 2.45) is 0 Å². The maximum atomic E-state index is 12.4. The number of carbonyl (C=O) groups excluding carboxylic acids is 2. The molecule has 0 radical (unpaired) electrons. The fraction of sp³-hybridized carbons (Fsp3) is 0.444. The van der Waals surface area contributed by atoms with Crippen LogP contribution in [0, 0.1) is 0 Å². The van der Waals surface area contributed by atoms with Gasteiger partial charge in [-0.05, 0) is 62.7 Å². The lowest BCUT2D eigenvalue weighted by Crippen LogP contribution is -2.36. The summed E-state index contributed by atoms with van der Waals surface area (Å²) in [4.78, 5) is 28.6. The first kappa shape index (κ1) is 17.6. The third kappa shape index (κ3) is 3.78. The van der Waals surface area contributed by atoms with Crippen molar-refractivity contribution in [1.82, 2.24) is 4.90 Å². The van der Waals surface area contributed by atoms with Crippen LogP contribution in [0.4, 0.5) is 10.5 Å². The number of amides is 2. The number of imide groups is 1. The summed E-state index contributed by atoms with van der Waals surface area (Å²) in [6.07, 6.45) is 2.57. The first-order valence-electron chi connectivity index (χ1n) is 8.13. The molecule has 1 aromatic carbocycles. The Labute approximate surface area is 142 Å². The van der Waals surface area contributed by atoms with Crippen LogP contribution in [0.25, 0.3) is 6.08 Å². The maximum Gasteiger partial charge on any atom is 0.293 e. The molecular weight excluding hydrogens is 308 g/mol. The van der Waals surface area contributed by atoms with Crippen molar-refractivity contribution in [2.45, 2.75) is 40.2 Å². The SMILES string of the molecule is CCC(C)N1C(=O)S/C(=C/c2ccc(N(CC)CC)cc2)C1=O. The first-order valence-corrected chi connectivity index (χ1v) is 8.95. The molecule has 0 bridgehead atoms. The second kappa shape index (κ2) is 7.68. The van der Waals surface area contributed by atoms with Gasteiger partial charge in [-0.2, -0.15) is 0 Å². The van der Waals surface area contributed by atoms with Crippen molar-refractivity contribution in [3.8, 4) is 0 Å². The molecule has 1 aromatic rings. The highest BCUT2D eigenvalue weighted by Gasteiger charge is 2.37. The van der Waals surface area contributed by atoms with E-state index in [0.717, 1.165) is 36.8 Å². The first-order chi connectivity index (χ1) is 11.0. The number of thioether (sulfide) groups is 1. The molecule has 0 saturated carbocycles. The Hall–Kier alpha value is -1.75. The number of benzene rings is 1. The Balaban J connectivity index is 2.19. The van der Waals surface area contributed by atoms with Gasteiger partial charge in [0.1, 0.15) is 0 Å². The summed E-state index contributed by atoms with van der Waals surface area (Å²) in [5.74, 6) is -0.179. The van der Waals surface area contributed by atoms with Crippen molar-refractivity contribution >= 4 is 34.7 Å². The summed E-state index contributed by atoms with van der Waals surface area (Å²) in [5.41, 5.74) is 2.11. The molecule has 1 aliphatic heterocycles. The quantitative estimate of drug-likeness (QED) is 0.725. The van der Waals surface area contributed by atoms with E-state index < -0.39 is 0 Å². The topological polar surface area (TPSA) is 40.6 Å². The molecular formula is C18H24N2O2S. The van der Waals surface area contributed by atoms with Gasteiger partial charge in [0.15, 0.2) is 0 Å². The summed E-state index contributed by atoms with van der Waals surface area (Å²) in [5, 5.41) is -0.171. The molecule has 1 atom stereocenters. The molecule has 2 rings (SSSR count). The van der Waals surface area contributed by atoms with Gasteiger partial charge in [0.25, 0.3) is 11.1 Å². The van der Waals surface area contributed by atoms with Gasteiger partial charge in [0, 0.05) is 24.8 Å². The molecule has 0 N–H and O–H groups in total. The van der Waals surface area contributed by atoms with E-state index in [1.165, 1.54) is 10.6 Å². The van der Waals surface area contributed by atoms with Crippen LogP contribution in [0.5, 0.6) is 0 Å². The largest absolute Gasteiger partial charge is 0.372 e. The molecule has 4 nitrogen and oxygen atoms in total. The van der Waals surface area contributed by atoms with Gasteiger partial charge < -0.3 is 4.90 Å². The lowest BCUT2D eigenvalue weighted by molar-refractivity contribution is -0.124. The minimum Gasteiger partial charge on any atom is -0.372 e. The summed E-state index contributed by atoms with van der Waals surface area (Å²) in [7, 11) is 0. The van der Waals surface area contributed by atoms with Crippen LogP contribution < -0.4 is 4.90 Å². The smallest absolute Gasteiger partial charge is 0.293 e. The Morgan fingerprint density at radius 1 is 1.13 bits per heavy atom. The van der Waals surface area contributed by atoms with E-state index >= 15 is 0 Å². The van der Waals surface area contributed by atoms with Crippen LogP contribution in [0.3, 0.4) is 0 Å². The number of hydrogen-bond donors (Lipinski definition) is 0. The molecule has 0 aromatic heterocycles. The normalized spacial score (nSPS) is 17.9. The van der Waals surface area contributed by atoms with Gasteiger partial charge in [0.05, 0.1) is 4.91 Å². The van der Waals surface area contributed by atoms with E-state index in [1.54, 1.807) is 6.08 Å². The van der Waals surface area contributed by atoms with Crippen LogP contribution in [-0.4, -0.2) is 35.2 Å². The Kier molecular flexibility index (Phi) is 5.88. The molecule has 1 unspecified atom stereocenters. The molecule has 0 aliphatic carbocycles. The van der Waals surface area contributed by atoms with Gasteiger partial charge in [-0.15, -0.1) is 0 Å². The number of rotatable bonds is 6. The van der Waals surface area contributed by atoms with E-state index in [9.17, 15) is 9.59 Å². The van der Waals surface area contributed by atoms with Crippen molar-refractivity contribution < 1.29 is 9.59 Å². The zero-order valence-electron chi connectivity index (χ0n) is 14.2. The third-order valence-electron chi connectivity index (χ3n) is 4.17. The van der Waals surface area contributed by atoms with Crippen molar-refractivity contribution in [1.29, 1.82) is 0 Å². The second-order valence-electron chi connectivity index (χ2n) is 5.57. The standard InChI is InChI=1S/C18H24N2O2S/c1-5-13(4)20-17(21)16(23-18(20)22)12-14-8-10-15(11-9-14)19(6-2)7-3/h8-13H,5-7H2,1-4H3/b16-12+. The number of hydrogen-bond acceptors (Lipinski definition) is 4. The van der Waals surface area contributed by atoms with E-state index in [1.807, 2.05) is 26.0 Å². The van der Waals surface area contributed by atoms with Gasteiger partial charge in [0.2, 0.25) is 0 Å². The van der Waals surface area contributed by atoms with Crippen LogP contribution >= 0.6 is 11.8 Å². The summed E-state index contributed by atoms with van der Waals surface area (Å²) in [6.45, 7) is 10.1. The molecule has 5 heteroatoms. The fourth-order valence-electron chi connectivity index (χ4n) is 2.56. The Morgan fingerprint density at radius 2 is 1.74 bits per heavy atom. The van der Waals surface area contributed by atoms with Crippen molar-refractivity contribution in [3.05, 3.63) is 34.7 Å². The monoisotopic (exact) mass is 332 g/mol. The zero-order valence-corrected chi connectivity index (χ0v) is 15.0. The Morgan fingerprint density at radius 3 is 2.26 bits per heavy atom. The molecule has 2 amide bonds. The summed E-state index contributed by atoms with van der Waals surface area (Å²) >= 11 is 1.03. The number of anilines is 1. The molecule has 1 saturated heterocycles. The Bertz CT molecular complexity index is 606. The van der Waals surface area contributed by atoms with Crippen LogP contribution in [0.1, 0.15) is 39.7 Å². The van der Waals surface area contributed by atoms with Crippen LogP contribution in [0.15, 0.2) is 29.2 Å². The van der Waals surface area contributed by atoms with Gasteiger partial charge in [-0.25, -0.2) is 0 Å².